The number of aryl methyl sites for hydroxylation is 1. The smallest absolute Gasteiger partial charge is 0.246 e. The Kier molecular flexibility index (Phi) is 7.38. The Morgan fingerprint density at radius 3 is 2.73 bits per heavy atom. The minimum Gasteiger partial charge on any atom is -0.487 e. The van der Waals surface area contributed by atoms with E-state index in [4.69, 9.17) is 10.00 Å². The Balaban J connectivity index is 1.36. The maximum atomic E-state index is 12.9. The number of ether oxygens (including phenoxy) is 1. The summed E-state index contributed by atoms with van der Waals surface area (Å²) >= 11 is 1.60. The van der Waals surface area contributed by atoms with Gasteiger partial charge in [-0.3, -0.25) is 4.79 Å². The van der Waals surface area contributed by atoms with Gasteiger partial charge in [0, 0.05) is 48.9 Å². The van der Waals surface area contributed by atoms with Crippen molar-refractivity contribution in [1.29, 1.82) is 5.26 Å². The second kappa shape index (κ2) is 10.8. The van der Waals surface area contributed by atoms with Crippen molar-refractivity contribution in [2.75, 3.05) is 31.1 Å². The number of nitrogens with zero attached hydrogens (tertiary/aromatic N) is 4. The molecule has 33 heavy (non-hydrogen) atoms. The maximum absolute atomic E-state index is 12.9. The predicted molar refractivity (Wildman–Crippen MR) is 131 cm³/mol. The molecule has 3 aromatic rings. The molecule has 7 heteroatoms. The molecule has 0 atom stereocenters. The monoisotopic (exact) mass is 458 g/mol. The molecule has 0 unspecified atom stereocenters. The van der Waals surface area contributed by atoms with E-state index in [2.05, 4.69) is 16.0 Å². The van der Waals surface area contributed by atoms with Gasteiger partial charge in [-0.1, -0.05) is 18.2 Å². The fourth-order valence-corrected chi connectivity index (χ4v) is 4.38. The first-order chi connectivity index (χ1) is 16.1. The molecule has 1 aliphatic heterocycles. The third-order valence-electron chi connectivity index (χ3n) is 5.54. The highest BCUT2D eigenvalue weighted by Crippen LogP contribution is 2.22. The Labute approximate surface area is 198 Å². The van der Waals surface area contributed by atoms with Crippen molar-refractivity contribution in [3.8, 4) is 11.8 Å². The maximum Gasteiger partial charge on any atom is 0.246 e. The van der Waals surface area contributed by atoms with Crippen LogP contribution in [0.2, 0.25) is 0 Å². The number of hydrogen-bond acceptors (Lipinski definition) is 6. The first-order valence-electron chi connectivity index (χ1n) is 11.0. The molecule has 1 amide bonds. The Bertz CT molecular complexity index is 1160. The zero-order valence-electron chi connectivity index (χ0n) is 18.6. The van der Waals surface area contributed by atoms with E-state index >= 15 is 0 Å². The van der Waals surface area contributed by atoms with Gasteiger partial charge in [-0.2, -0.15) is 5.26 Å². The number of benzene rings is 2. The quantitative estimate of drug-likeness (QED) is 0.503. The highest BCUT2D eigenvalue weighted by atomic mass is 32.1. The number of para-hydroxylation sites is 1. The molecular formula is C26H26N4O2S. The fraction of sp³-hybridized carbons (Fsp3) is 0.269. The number of amides is 1. The van der Waals surface area contributed by atoms with Crippen molar-refractivity contribution in [1.82, 2.24) is 9.88 Å². The molecule has 2 aromatic carbocycles. The third kappa shape index (κ3) is 5.99. The largest absolute Gasteiger partial charge is 0.487 e. The molecule has 6 nitrogen and oxygen atoms in total. The van der Waals surface area contributed by atoms with Crippen molar-refractivity contribution >= 4 is 29.0 Å². The number of carbonyl (C=O) groups excluding carboxylic acids is 1. The number of aromatic nitrogens is 1. The number of nitriles is 1. The number of rotatable bonds is 6. The summed E-state index contributed by atoms with van der Waals surface area (Å²) in [6.07, 6.45) is 4.35. The molecule has 1 saturated heterocycles. The summed E-state index contributed by atoms with van der Waals surface area (Å²) in [4.78, 5) is 21.5. The molecule has 0 bridgehead atoms. The van der Waals surface area contributed by atoms with Crippen LogP contribution < -0.4 is 9.64 Å². The lowest BCUT2D eigenvalue weighted by molar-refractivity contribution is -0.125. The van der Waals surface area contributed by atoms with Gasteiger partial charge >= 0.3 is 0 Å². The number of thiazole rings is 1. The van der Waals surface area contributed by atoms with E-state index in [-0.39, 0.29) is 5.91 Å². The van der Waals surface area contributed by atoms with Crippen molar-refractivity contribution in [3.63, 3.8) is 0 Å². The van der Waals surface area contributed by atoms with Gasteiger partial charge in [-0.05, 0) is 49.8 Å². The lowest BCUT2D eigenvalue weighted by Gasteiger charge is -2.23. The first-order valence-corrected chi connectivity index (χ1v) is 11.9. The summed E-state index contributed by atoms with van der Waals surface area (Å²) < 4.78 is 5.96. The fourth-order valence-electron chi connectivity index (χ4n) is 3.79. The minimum atomic E-state index is 0.00149. The normalized spacial score (nSPS) is 14.2. The van der Waals surface area contributed by atoms with Gasteiger partial charge in [0.25, 0.3) is 0 Å². The van der Waals surface area contributed by atoms with E-state index in [9.17, 15) is 4.79 Å². The van der Waals surface area contributed by atoms with Gasteiger partial charge in [0.2, 0.25) is 5.91 Å². The summed E-state index contributed by atoms with van der Waals surface area (Å²) in [6.45, 7) is 5.40. The summed E-state index contributed by atoms with van der Waals surface area (Å²) in [5, 5.41) is 12.0. The van der Waals surface area contributed by atoms with Gasteiger partial charge in [0.1, 0.15) is 12.4 Å². The average molecular weight is 459 g/mol. The standard InChI is InChI=1S/C26H26N4O2S/c1-20-28-23(19-33-20)18-32-25-6-3-2-5-22(25)9-12-26(31)30-14-4-13-29(15-16-30)24-10-7-21(17-27)8-11-24/h2-3,5-12,19H,4,13-16,18H2,1H3/b12-9+. The van der Waals surface area contributed by atoms with Crippen LogP contribution in [-0.4, -0.2) is 42.0 Å². The predicted octanol–water partition coefficient (Wildman–Crippen LogP) is 4.65. The molecule has 2 heterocycles. The van der Waals surface area contributed by atoms with Gasteiger partial charge < -0.3 is 14.5 Å². The Morgan fingerprint density at radius 1 is 1.15 bits per heavy atom. The highest BCUT2D eigenvalue weighted by molar-refractivity contribution is 7.09. The van der Waals surface area contributed by atoms with Crippen molar-refractivity contribution in [3.05, 3.63) is 81.8 Å². The molecule has 1 aromatic heterocycles. The van der Waals surface area contributed by atoms with Crippen molar-refractivity contribution in [2.45, 2.75) is 20.0 Å². The number of anilines is 1. The zero-order chi connectivity index (χ0) is 23.0. The zero-order valence-corrected chi connectivity index (χ0v) is 19.4. The van der Waals surface area contributed by atoms with Crippen LogP contribution in [0, 0.1) is 18.3 Å². The third-order valence-corrected chi connectivity index (χ3v) is 6.36. The van der Waals surface area contributed by atoms with Crippen molar-refractivity contribution < 1.29 is 9.53 Å². The lowest BCUT2D eigenvalue weighted by atomic mass is 10.2. The van der Waals surface area contributed by atoms with Crippen LogP contribution in [0.15, 0.2) is 60.0 Å². The van der Waals surface area contributed by atoms with Crippen molar-refractivity contribution in [2.24, 2.45) is 0 Å². The van der Waals surface area contributed by atoms with Crippen LogP contribution in [0.3, 0.4) is 0 Å². The molecule has 168 valence electrons. The second-order valence-electron chi connectivity index (χ2n) is 7.84. The van der Waals surface area contributed by atoms with Crippen LogP contribution in [-0.2, 0) is 11.4 Å². The molecule has 0 N–H and O–H groups in total. The number of hydrogen-bond donors (Lipinski definition) is 0. The molecule has 0 radical (unpaired) electrons. The van der Waals surface area contributed by atoms with E-state index in [1.807, 2.05) is 71.8 Å². The molecule has 0 saturated carbocycles. The molecule has 1 fully saturated rings. The van der Waals surface area contributed by atoms with Gasteiger partial charge in [-0.25, -0.2) is 4.98 Å². The Hall–Kier alpha value is -3.63. The van der Waals surface area contributed by atoms with Gasteiger partial charge in [0.15, 0.2) is 0 Å². The molecule has 4 rings (SSSR count). The SMILES string of the molecule is Cc1nc(COc2ccccc2/C=C/C(=O)N2CCCN(c3ccc(C#N)cc3)CC2)cs1. The topological polar surface area (TPSA) is 69.5 Å². The first kappa shape index (κ1) is 22.6. The summed E-state index contributed by atoms with van der Waals surface area (Å²) in [5.41, 5.74) is 3.51. The van der Waals surface area contributed by atoms with E-state index in [0.717, 1.165) is 53.8 Å². The van der Waals surface area contributed by atoms with E-state index < -0.39 is 0 Å². The lowest BCUT2D eigenvalue weighted by Crippen LogP contribution is -2.34. The van der Waals surface area contributed by atoms with E-state index in [0.29, 0.717) is 18.7 Å². The van der Waals surface area contributed by atoms with Gasteiger partial charge in [-0.15, -0.1) is 11.3 Å². The summed E-state index contributed by atoms with van der Waals surface area (Å²) in [6, 6.07) is 17.5. The van der Waals surface area contributed by atoms with Crippen LogP contribution >= 0.6 is 11.3 Å². The number of carbonyl (C=O) groups is 1. The van der Waals surface area contributed by atoms with Crippen LogP contribution in [0.25, 0.3) is 6.08 Å². The van der Waals surface area contributed by atoms with Crippen LogP contribution in [0.4, 0.5) is 5.69 Å². The van der Waals surface area contributed by atoms with E-state index in [1.165, 1.54) is 0 Å². The minimum absolute atomic E-state index is 0.00149. The summed E-state index contributed by atoms with van der Waals surface area (Å²) in [7, 11) is 0. The molecule has 1 aliphatic rings. The Morgan fingerprint density at radius 2 is 1.97 bits per heavy atom. The molecule has 0 aliphatic carbocycles. The van der Waals surface area contributed by atoms with Crippen LogP contribution in [0.1, 0.15) is 28.2 Å². The second-order valence-corrected chi connectivity index (χ2v) is 8.90. The highest BCUT2D eigenvalue weighted by Gasteiger charge is 2.18. The van der Waals surface area contributed by atoms with Crippen LogP contribution in [0.5, 0.6) is 5.75 Å². The van der Waals surface area contributed by atoms with E-state index in [1.54, 1.807) is 17.4 Å². The summed E-state index contributed by atoms with van der Waals surface area (Å²) in [5.74, 6) is 0.733. The average Bonchev–Trinajstić information content (AvgIpc) is 3.11. The molecular weight excluding hydrogens is 432 g/mol. The molecule has 0 spiro atoms. The van der Waals surface area contributed by atoms with Gasteiger partial charge in [0.05, 0.1) is 22.3 Å².